The van der Waals surface area contributed by atoms with Crippen molar-refractivity contribution >= 4 is 11.8 Å². The molecular formula is C18H18N4O3S. The molecule has 1 aromatic carbocycles. The standard InChI is InChI=1S/C18H18N4O3S/c1-3-8-22-17(16-10-23-14-6-4-5-7-15(14)24-16)19-20-18(22)26-11-13-9-12(2)25-21-13/h3-7,9,16H,1,8,10-11H2,2H3. The summed E-state index contributed by atoms with van der Waals surface area (Å²) in [7, 11) is 0. The Morgan fingerprint density at radius 3 is 2.92 bits per heavy atom. The highest BCUT2D eigenvalue weighted by Crippen LogP contribution is 2.36. The number of ether oxygens (including phenoxy) is 2. The van der Waals surface area contributed by atoms with Crippen LogP contribution in [0, 0.1) is 6.92 Å². The van der Waals surface area contributed by atoms with Gasteiger partial charge in [-0.05, 0) is 19.1 Å². The van der Waals surface area contributed by atoms with Crippen LogP contribution in [0.25, 0.3) is 0 Å². The predicted octanol–water partition coefficient (Wildman–Crippen LogP) is 3.57. The zero-order valence-electron chi connectivity index (χ0n) is 14.3. The van der Waals surface area contributed by atoms with Crippen molar-refractivity contribution in [2.45, 2.75) is 30.5 Å². The van der Waals surface area contributed by atoms with Crippen molar-refractivity contribution in [1.82, 2.24) is 19.9 Å². The molecule has 0 radical (unpaired) electrons. The van der Waals surface area contributed by atoms with Crippen LogP contribution < -0.4 is 9.47 Å². The molecule has 0 saturated carbocycles. The third kappa shape index (κ3) is 3.32. The first-order chi connectivity index (χ1) is 12.7. The van der Waals surface area contributed by atoms with Crippen LogP contribution in [0.1, 0.15) is 23.4 Å². The van der Waals surface area contributed by atoms with E-state index >= 15 is 0 Å². The lowest BCUT2D eigenvalue weighted by molar-refractivity contribution is 0.0821. The molecule has 0 saturated heterocycles. The van der Waals surface area contributed by atoms with E-state index in [0.717, 1.165) is 28.2 Å². The normalized spacial score (nSPS) is 15.8. The Labute approximate surface area is 155 Å². The van der Waals surface area contributed by atoms with Crippen LogP contribution in [0.2, 0.25) is 0 Å². The van der Waals surface area contributed by atoms with Crippen molar-refractivity contribution in [3.8, 4) is 11.5 Å². The molecule has 0 bridgehead atoms. The molecule has 3 aromatic rings. The minimum Gasteiger partial charge on any atom is -0.485 e. The van der Waals surface area contributed by atoms with Crippen LogP contribution >= 0.6 is 11.8 Å². The van der Waals surface area contributed by atoms with Crippen LogP contribution in [0.5, 0.6) is 11.5 Å². The predicted molar refractivity (Wildman–Crippen MR) is 96.3 cm³/mol. The smallest absolute Gasteiger partial charge is 0.192 e. The minimum atomic E-state index is -0.319. The molecule has 1 atom stereocenters. The highest BCUT2D eigenvalue weighted by molar-refractivity contribution is 7.98. The van der Waals surface area contributed by atoms with E-state index in [4.69, 9.17) is 14.0 Å². The Kier molecular flexibility index (Phi) is 4.66. The second-order valence-electron chi connectivity index (χ2n) is 5.82. The van der Waals surface area contributed by atoms with Crippen molar-refractivity contribution in [2.75, 3.05) is 6.61 Å². The molecule has 0 fully saturated rings. The lowest BCUT2D eigenvalue weighted by atomic mass is 10.2. The molecule has 0 spiro atoms. The molecule has 1 aliphatic heterocycles. The second kappa shape index (κ2) is 7.25. The summed E-state index contributed by atoms with van der Waals surface area (Å²) in [4.78, 5) is 0. The average molecular weight is 370 g/mol. The average Bonchev–Trinajstić information content (AvgIpc) is 3.26. The summed E-state index contributed by atoms with van der Waals surface area (Å²) >= 11 is 1.55. The second-order valence-corrected chi connectivity index (χ2v) is 6.76. The maximum Gasteiger partial charge on any atom is 0.192 e. The third-order valence-corrected chi connectivity index (χ3v) is 4.88. The van der Waals surface area contributed by atoms with Crippen molar-refractivity contribution in [2.24, 2.45) is 0 Å². The zero-order valence-corrected chi connectivity index (χ0v) is 15.1. The summed E-state index contributed by atoms with van der Waals surface area (Å²) in [5.74, 6) is 3.62. The van der Waals surface area contributed by atoms with E-state index < -0.39 is 0 Å². The summed E-state index contributed by atoms with van der Waals surface area (Å²) in [5.41, 5.74) is 0.869. The van der Waals surface area contributed by atoms with Gasteiger partial charge in [0.2, 0.25) is 0 Å². The Bertz CT molecular complexity index is 921. The van der Waals surface area contributed by atoms with Gasteiger partial charge in [-0.2, -0.15) is 0 Å². The number of allylic oxidation sites excluding steroid dienone is 1. The van der Waals surface area contributed by atoms with Crippen LogP contribution in [0.15, 0.2) is 52.7 Å². The molecule has 2 aromatic heterocycles. The summed E-state index contributed by atoms with van der Waals surface area (Å²) in [5, 5.41) is 13.5. The molecule has 26 heavy (non-hydrogen) atoms. The SMILES string of the molecule is C=CCn1c(SCc2cc(C)on2)nnc1C1COc2ccccc2O1. The van der Waals surface area contributed by atoms with E-state index in [1.54, 1.807) is 11.8 Å². The molecule has 7 nitrogen and oxygen atoms in total. The summed E-state index contributed by atoms with van der Waals surface area (Å²) in [6, 6.07) is 9.53. The van der Waals surface area contributed by atoms with E-state index in [2.05, 4.69) is 21.9 Å². The Hall–Kier alpha value is -2.74. The number of rotatable bonds is 6. The highest BCUT2D eigenvalue weighted by Gasteiger charge is 2.28. The minimum absolute atomic E-state index is 0.319. The summed E-state index contributed by atoms with van der Waals surface area (Å²) in [6.07, 6.45) is 1.50. The Morgan fingerprint density at radius 1 is 1.31 bits per heavy atom. The number of benzene rings is 1. The Morgan fingerprint density at radius 2 is 2.15 bits per heavy atom. The topological polar surface area (TPSA) is 75.2 Å². The molecule has 3 heterocycles. The molecule has 0 N–H and O–H groups in total. The molecule has 0 aliphatic carbocycles. The maximum atomic E-state index is 6.07. The van der Waals surface area contributed by atoms with Gasteiger partial charge in [0.1, 0.15) is 12.4 Å². The van der Waals surface area contributed by atoms with Crippen molar-refractivity contribution in [1.29, 1.82) is 0 Å². The number of para-hydroxylation sites is 2. The van der Waals surface area contributed by atoms with E-state index in [0.29, 0.717) is 24.7 Å². The van der Waals surface area contributed by atoms with Gasteiger partial charge in [-0.3, -0.25) is 4.57 Å². The van der Waals surface area contributed by atoms with Gasteiger partial charge in [0.25, 0.3) is 0 Å². The van der Waals surface area contributed by atoms with Crippen molar-refractivity contribution in [3.63, 3.8) is 0 Å². The molecular weight excluding hydrogens is 352 g/mol. The summed E-state index contributed by atoms with van der Waals surface area (Å²) < 4.78 is 19.0. The maximum absolute atomic E-state index is 6.07. The first-order valence-electron chi connectivity index (χ1n) is 8.22. The highest BCUT2D eigenvalue weighted by atomic mass is 32.2. The van der Waals surface area contributed by atoms with Crippen LogP contribution in [-0.2, 0) is 12.3 Å². The lowest BCUT2D eigenvalue weighted by Gasteiger charge is -2.26. The van der Waals surface area contributed by atoms with Gasteiger partial charge in [0.05, 0.1) is 5.69 Å². The number of hydrogen-bond donors (Lipinski definition) is 0. The molecule has 8 heteroatoms. The van der Waals surface area contributed by atoms with Gasteiger partial charge < -0.3 is 14.0 Å². The quantitative estimate of drug-likeness (QED) is 0.485. The fourth-order valence-electron chi connectivity index (χ4n) is 2.72. The first kappa shape index (κ1) is 16.7. The largest absolute Gasteiger partial charge is 0.485 e. The molecule has 0 amide bonds. The molecule has 134 valence electrons. The number of thioether (sulfide) groups is 1. The number of aromatic nitrogens is 4. The van der Waals surface area contributed by atoms with Gasteiger partial charge in [-0.1, -0.05) is 35.1 Å². The third-order valence-electron chi connectivity index (χ3n) is 3.88. The molecule has 1 unspecified atom stereocenters. The van der Waals surface area contributed by atoms with E-state index in [1.165, 1.54) is 0 Å². The number of fused-ring (bicyclic) bond motifs is 1. The molecule has 1 aliphatic rings. The fraction of sp³-hybridized carbons (Fsp3) is 0.278. The van der Waals surface area contributed by atoms with Crippen LogP contribution in [0.4, 0.5) is 0 Å². The van der Waals surface area contributed by atoms with Crippen molar-refractivity contribution in [3.05, 3.63) is 60.3 Å². The van der Waals surface area contributed by atoms with Gasteiger partial charge >= 0.3 is 0 Å². The van der Waals surface area contributed by atoms with E-state index in [1.807, 2.05) is 47.9 Å². The van der Waals surface area contributed by atoms with E-state index in [-0.39, 0.29) is 6.10 Å². The monoisotopic (exact) mass is 370 g/mol. The van der Waals surface area contributed by atoms with E-state index in [9.17, 15) is 0 Å². The zero-order chi connectivity index (χ0) is 17.9. The van der Waals surface area contributed by atoms with Gasteiger partial charge in [-0.15, -0.1) is 16.8 Å². The first-order valence-corrected chi connectivity index (χ1v) is 9.20. The number of hydrogen-bond acceptors (Lipinski definition) is 7. The van der Waals surface area contributed by atoms with Gasteiger partial charge in [0.15, 0.2) is 28.6 Å². The lowest BCUT2D eigenvalue weighted by Crippen LogP contribution is -2.25. The van der Waals surface area contributed by atoms with Gasteiger partial charge in [-0.25, -0.2) is 0 Å². The summed E-state index contributed by atoms with van der Waals surface area (Å²) in [6.45, 7) is 6.68. The Balaban J connectivity index is 1.55. The van der Waals surface area contributed by atoms with Crippen LogP contribution in [0.3, 0.4) is 0 Å². The number of aryl methyl sites for hydroxylation is 1. The number of nitrogens with zero attached hydrogens (tertiary/aromatic N) is 4. The molecule has 4 rings (SSSR count). The fourth-order valence-corrected chi connectivity index (χ4v) is 3.55. The van der Waals surface area contributed by atoms with Gasteiger partial charge in [0, 0.05) is 18.4 Å². The van der Waals surface area contributed by atoms with Crippen molar-refractivity contribution < 1.29 is 14.0 Å². The van der Waals surface area contributed by atoms with Crippen LogP contribution in [-0.4, -0.2) is 26.5 Å².